The van der Waals surface area contributed by atoms with Crippen LogP contribution in [0, 0.1) is 5.92 Å². The maximum atomic E-state index is 13.0. The van der Waals surface area contributed by atoms with Crippen LogP contribution < -0.4 is 10.2 Å². The van der Waals surface area contributed by atoms with E-state index in [2.05, 4.69) is 5.32 Å². The van der Waals surface area contributed by atoms with E-state index in [-0.39, 0.29) is 30.1 Å². The number of carbonyl (C=O) groups excluding carboxylic acids is 2. The van der Waals surface area contributed by atoms with Gasteiger partial charge in [0, 0.05) is 48.7 Å². The first kappa shape index (κ1) is 19.5. The number of fused-ring (bicyclic) bond motifs is 2. The van der Waals surface area contributed by atoms with Crippen LogP contribution in [0.2, 0.25) is 0 Å². The summed E-state index contributed by atoms with van der Waals surface area (Å²) in [5, 5.41) is 3.61. The van der Waals surface area contributed by atoms with E-state index >= 15 is 0 Å². The van der Waals surface area contributed by atoms with Crippen molar-refractivity contribution >= 4 is 41.7 Å². The number of anilines is 1. The Balaban J connectivity index is 0.00000196. The standard InChI is InChI=1S/C19H25N3O2S.ClH/c1-25-17-6-4-16(5-7-17)22-11-13(10-18(22)23)19(24)21-9-8-14-2-3-15(12-21)20-14;/h4-7,13-15,20H,2-3,8-12H2,1H3;1H. The summed E-state index contributed by atoms with van der Waals surface area (Å²) in [5.41, 5.74) is 0.898. The van der Waals surface area contributed by atoms with E-state index in [1.807, 2.05) is 35.4 Å². The Morgan fingerprint density at radius 1 is 1.12 bits per heavy atom. The molecule has 3 aliphatic rings. The average Bonchev–Trinajstić information content (AvgIpc) is 3.17. The molecule has 1 aromatic carbocycles. The number of thioether (sulfide) groups is 1. The molecule has 26 heavy (non-hydrogen) atoms. The summed E-state index contributed by atoms with van der Waals surface area (Å²) < 4.78 is 0. The van der Waals surface area contributed by atoms with Crippen molar-refractivity contribution in [3.8, 4) is 0 Å². The molecular weight excluding hydrogens is 370 g/mol. The number of nitrogens with zero attached hydrogens (tertiary/aromatic N) is 2. The number of hydrogen-bond donors (Lipinski definition) is 1. The minimum atomic E-state index is -0.204. The van der Waals surface area contributed by atoms with E-state index in [0.717, 1.165) is 31.6 Å². The van der Waals surface area contributed by atoms with Gasteiger partial charge in [0.1, 0.15) is 0 Å². The lowest BCUT2D eigenvalue weighted by Crippen LogP contribution is -2.42. The highest BCUT2D eigenvalue weighted by Gasteiger charge is 2.39. The lowest BCUT2D eigenvalue weighted by molar-refractivity contribution is -0.136. The van der Waals surface area contributed by atoms with Gasteiger partial charge in [0.2, 0.25) is 11.8 Å². The van der Waals surface area contributed by atoms with Crippen molar-refractivity contribution in [3.05, 3.63) is 24.3 Å². The van der Waals surface area contributed by atoms with Crippen molar-refractivity contribution in [1.82, 2.24) is 10.2 Å². The highest BCUT2D eigenvalue weighted by molar-refractivity contribution is 7.98. The summed E-state index contributed by atoms with van der Waals surface area (Å²) in [4.78, 5) is 30.4. The summed E-state index contributed by atoms with van der Waals surface area (Å²) in [6.07, 6.45) is 5.79. The molecule has 0 saturated carbocycles. The topological polar surface area (TPSA) is 52.7 Å². The fourth-order valence-corrected chi connectivity index (χ4v) is 4.69. The molecule has 1 N–H and O–H groups in total. The Hall–Kier alpha value is -1.24. The molecule has 4 rings (SSSR count). The zero-order valence-corrected chi connectivity index (χ0v) is 16.7. The third kappa shape index (κ3) is 3.87. The van der Waals surface area contributed by atoms with Gasteiger partial charge in [0.05, 0.1) is 5.92 Å². The number of rotatable bonds is 3. The maximum absolute atomic E-state index is 13.0. The summed E-state index contributed by atoms with van der Waals surface area (Å²) in [5.74, 6) is 0.0139. The average molecular weight is 396 g/mol. The molecule has 2 amide bonds. The largest absolute Gasteiger partial charge is 0.341 e. The molecule has 0 radical (unpaired) electrons. The molecule has 7 heteroatoms. The lowest BCUT2D eigenvalue weighted by Gasteiger charge is -2.27. The van der Waals surface area contributed by atoms with E-state index < -0.39 is 0 Å². The van der Waals surface area contributed by atoms with E-state index in [1.165, 1.54) is 11.3 Å². The van der Waals surface area contributed by atoms with Crippen LogP contribution in [-0.4, -0.2) is 54.7 Å². The van der Waals surface area contributed by atoms with Crippen LogP contribution in [0.3, 0.4) is 0 Å². The molecule has 3 atom stereocenters. The second kappa shape index (κ2) is 8.19. The van der Waals surface area contributed by atoms with E-state index in [4.69, 9.17) is 0 Å². The fourth-order valence-electron chi connectivity index (χ4n) is 4.29. The molecule has 1 aromatic rings. The predicted octanol–water partition coefficient (Wildman–Crippen LogP) is 2.54. The molecule has 3 heterocycles. The molecule has 0 spiro atoms. The van der Waals surface area contributed by atoms with Crippen molar-refractivity contribution in [1.29, 1.82) is 0 Å². The Labute approximate surface area is 165 Å². The van der Waals surface area contributed by atoms with Gasteiger partial charge in [-0.05, 0) is 49.8 Å². The maximum Gasteiger partial charge on any atom is 0.228 e. The Bertz CT molecular complexity index is 669. The zero-order chi connectivity index (χ0) is 17.4. The normalized spacial score (nSPS) is 28.0. The number of halogens is 1. The quantitative estimate of drug-likeness (QED) is 0.799. The molecule has 2 bridgehead atoms. The van der Waals surface area contributed by atoms with Crippen LogP contribution in [0.25, 0.3) is 0 Å². The van der Waals surface area contributed by atoms with Gasteiger partial charge >= 0.3 is 0 Å². The van der Waals surface area contributed by atoms with Gasteiger partial charge in [-0.15, -0.1) is 24.2 Å². The first-order valence-electron chi connectivity index (χ1n) is 9.13. The molecular formula is C19H26ClN3O2S. The van der Waals surface area contributed by atoms with E-state index in [0.29, 0.717) is 25.0 Å². The van der Waals surface area contributed by atoms with Gasteiger partial charge < -0.3 is 15.1 Å². The number of hydrogen-bond acceptors (Lipinski definition) is 4. The van der Waals surface area contributed by atoms with Crippen LogP contribution in [-0.2, 0) is 9.59 Å². The summed E-state index contributed by atoms with van der Waals surface area (Å²) in [6.45, 7) is 2.12. The van der Waals surface area contributed by atoms with Gasteiger partial charge in [0.15, 0.2) is 0 Å². The minimum absolute atomic E-state index is 0. The molecule has 142 valence electrons. The number of benzene rings is 1. The number of likely N-dealkylation sites (tertiary alicyclic amines) is 1. The first-order chi connectivity index (χ1) is 12.1. The smallest absolute Gasteiger partial charge is 0.228 e. The number of amides is 2. The highest BCUT2D eigenvalue weighted by Crippen LogP contribution is 2.29. The molecule has 3 fully saturated rings. The zero-order valence-electron chi connectivity index (χ0n) is 15.0. The summed E-state index contributed by atoms with van der Waals surface area (Å²) in [6, 6.07) is 9.01. The van der Waals surface area contributed by atoms with E-state index in [1.54, 1.807) is 16.7 Å². The Morgan fingerprint density at radius 2 is 1.85 bits per heavy atom. The second-order valence-electron chi connectivity index (χ2n) is 7.31. The molecule has 5 nitrogen and oxygen atoms in total. The highest BCUT2D eigenvalue weighted by atomic mass is 35.5. The van der Waals surface area contributed by atoms with Gasteiger partial charge in [-0.3, -0.25) is 9.59 Å². The van der Waals surface area contributed by atoms with Crippen LogP contribution in [0.4, 0.5) is 5.69 Å². The molecule has 0 aromatic heterocycles. The Kier molecular flexibility index (Phi) is 6.15. The van der Waals surface area contributed by atoms with Crippen LogP contribution in [0.5, 0.6) is 0 Å². The van der Waals surface area contributed by atoms with Crippen LogP contribution in [0.15, 0.2) is 29.2 Å². The van der Waals surface area contributed by atoms with Crippen molar-refractivity contribution in [3.63, 3.8) is 0 Å². The number of carbonyl (C=O) groups is 2. The van der Waals surface area contributed by atoms with Gasteiger partial charge in [-0.25, -0.2) is 0 Å². The van der Waals surface area contributed by atoms with Crippen molar-refractivity contribution in [2.24, 2.45) is 5.92 Å². The monoisotopic (exact) mass is 395 g/mol. The Morgan fingerprint density at radius 3 is 2.58 bits per heavy atom. The van der Waals surface area contributed by atoms with Gasteiger partial charge in [-0.2, -0.15) is 0 Å². The summed E-state index contributed by atoms with van der Waals surface area (Å²) >= 11 is 1.68. The molecule has 3 saturated heterocycles. The molecule has 3 unspecified atom stereocenters. The SMILES string of the molecule is CSc1ccc(N2CC(C(=O)N3CCC4CCC(C3)N4)CC2=O)cc1.Cl. The third-order valence-corrected chi connectivity index (χ3v) is 6.44. The minimum Gasteiger partial charge on any atom is -0.341 e. The first-order valence-corrected chi connectivity index (χ1v) is 10.4. The van der Waals surface area contributed by atoms with E-state index in [9.17, 15) is 9.59 Å². The number of nitrogens with one attached hydrogen (secondary N) is 1. The van der Waals surface area contributed by atoms with Crippen molar-refractivity contribution < 1.29 is 9.59 Å². The van der Waals surface area contributed by atoms with Crippen LogP contribution >= 0.6 is 24.2 Å². The predicted molar refractivity (Wildman–Crippen MR) is 107 cm³/mol. The van der Waals surface area contributed by atoms with Crippen molar-refractivity contribution in [2.45, 2.75) is 42.7 Å². The van der Waals surface area contributed by atoms with Gasteiger partial charge in [0.25, 0.3) is 0 Å². The van der Waals surface area contributed by atoms with Crippen molar-refractivity contribution in [2.75, 3.05) is 30.8 Å². The molecule has 0 aliphatic carbocycles. The lowest BCUT2D eigenvalue weighted by atomic mass is 10.0. The second-order valence-corrected chi connectivity index (χ2v) is 8.19. The fraction of sp³-hybridized carbons (Fsp3) is 0.579. The third-order valence-electron chi connectivity index (χ3n) is 5.69. The summed E-state index contributed by atoms with van der Waals surface area (Å²) in [7, 11) is 0. The van der Waals surface area contributed by atoms with Gasteiger partial charge in [-0.1, -0.05) is 0 Å². The molecule has 3 aliphatic heterocycles. The van der Waals surface area contributed by atoms with Crippen LogP contribution in [0.1, 0.15) is 25.7 Å².